The SMILES string of the molecule is N#CC1(NC(=O)COC(=O)Cc2coc3ccc4ccccc4c23)CCCC1. The van der Waals surface area contributed by atoms with E-state index in [1.54, 1.807) is 6.26 Å². The van der Waals surface area contributed by atoms with Crippen LogP contribution in [0, 0.1) is 11.3 Å². The summed E-state index contributed by atoms with van der Waals surface area (Å²) in [5.74, 6) is -0.956. The number of benzene rings is 2. The molecule has 0 aliphatic heterocycles. The predicted octanol–water partition coefficient (Wildman–Crippen LogP) is 3.62. The summed E-state index contributed by atoms with van der Waals surface area (Å²) in [6, 6.07) is 13.9. The molecule has 1 saturated carbocycles. The van der Waals surface area contributed by atoms with Crippen LogP contribution in [0.5, 0.6) is 0 Å². The first kappa shape index (κ1) is 18.1. The van der Waals surface area contributed by atoms with Gasteiger partial charge in [-0.1, -0.05) is 30.3 Å². The zero-order valence-corrected chi connectivity index (χ0v) is 15.4. The van der Waals surface area contributed by atoms with Crippen molar-refractivity contribution in [2.75, 3.05) is 6.61 Å². The fraction of sp³-hybridized carbons (Fsp3) is 0.318. The quantitative estimate of drug-likeness (QED) is 0.687. The van der Waals surface area contributed by atoms with E-state index in [4.69, 9.17) is 9.15 Å². The van der Waals surface area contributed by atoms with Gasteiger partial charge in [-0.15, -0.1) is 0 Å². The number of rotatable bonds is 5. The number of fused-ring (bicyclic) bond motifs is 3. The van der Waals surface area contributed by atoms with Crippen LogP contribution in [0.1, 0.15) is 31.2 Å². The van der Waals surface area contributed by atoms with Gasteiger partial charge in [0, 0.05) is 10.9 Å². The zero-order chi connectivity index (χ0) is 19.6. The summed E-state index contributed by atoms with van der Waals surface area (Å²) in [5.41, 5.74) is 0.612. The van der Waals surface area contributed by atoms with E-state index in [2.05, 4.69) is 11.4 Å². The van der Waals surface area contributed by atoms with Gasteiger partial charge in [-0.05, 0) is 42.5 Å². The molecule has 1 aromatic heterocycles. The Morgan fingerprint density at radius 1 is 1.18 bits per heavy atom. The minimum atomic E-state index is -0.816. The van der Waals surface area contributed by atoms with Gasteiger partial charge in [0.15, 0.2) is 6.61 Å². The lowest BCUT2D eigenvalue weighted by Gasteiger charge is -2.21. The topological polar surface area (TPSA) is 92.3 Å². The van der Waals surface area contributed by atoms with E-state index in [1.807, 2.05) is 36.4 Å². The molecule has 1 amide bonds. The first-order valence-electron chi connectivity index (χ1n) is 9.36. The van der Waals surface area contributed by atoms with Gasteiger partial charge >= 0.3 is 5.97 Å². The Labute approximate surface area is 162 Å². The molecule has 1 aliphatic rings. The maximum Gasteiger partial charge on any atom is 0.310 e. The summed E-state index contributed by atoms with van der Waals surface area (Å²) in [7, 11) is 0. The van der Waals surface area contributed by atoms with Gasteiger partial charge in [-0.2, -0.15) is 5.26 Å². The van der Waals surface area contributed by atoms with E-state index in [1.165, 1.54) is 0 Å². The Balaban J connectivity index is 1.42. The largest absolute Gasteiger partial charge is 0.464 e. The van der Waals surface area contributed by atoms with E-state index in [0.717, 1.165) is 34.6 Å². The highest BCUT2D eigenvalue weighted by Crippen LogP contribution is 2.30. The number of hydrogen-bond donors (Lipinski definition) is 1. The van der Waals surface area contributed by atoms with Gasteiger partial charge in [0.1, 0.15) is 11.1 Å². The average molecular weight is 376 g/mol. The molecule has 0 spiro atoms. The molecular weight excluding hydrogens is 356 g/mol. The molecule has 142 valence electrons. The van der Waals surface area contributed by atoms with Gasteiger partial charge in [0.05, 0.1) is 18.8 Å². The van der Waals surface area contributed by atoms with E-state index in [0.29, 0.717) is 18.4 Å². The second kappa shape index (κ2) is 7.35. The number of ether oxygens (including phenoxy) is 1. The fourth-order valence-electron chi connectivity index (χ4n) is 3.90. The first-order chi connectivity index (χ1) is 13.6. The minimum Gasteiger partial charge on any atom is -0.464 e. The predicted molar refractivity (Wildman–Crippen MR) is 103 cm³/mol. The van der Waals surface area contributed by atoms with Crippen molar-refractivity contribution in [3.8, 4) is 6.07 Å². The maximum absolute atomic E-state index is 12.3. The molecular formula is C22H20N2O4. The van der Waals surface area contributed by atoms with Crippen molar-refractivity contribution in [2.24, 2.45) is 0 Å². The lowest BCUT2D eigenvalue weighted by molar-refractivity contribution is -0.148. The molecule has 3 aromatic rings. The van der Waals surface area contributed by atoms with Crippen LogP contribution in [0.2, 0.25) is 0 Å². The molecule has 4 rings (SSSR count). The smallest absolute Gasteiger partial charge is 0.310 e. The molecule has 0 bridgehead atoms. The Morgan fingerprint density at radius 2 is 1.96 bits per heavy atom. The highest BCUT2D eigenvalue weighted by molar-refractivity contribution is 6.08. The lowest BCUT2D eigenvalue weighted by Crippen LogP contribution is -2.46. The summed E-state index contributed by atoms with van der Waals surface area (Å²) in [6.45, 7) is -0.390. The number of furan rings is 1. The third-order valence-corrected chi connectivity index (χ3v) is 5.29. The Bertz CT molecular complexity index is 1090. The second-order valence-electron chi connectivity index (χ2n) is 7.21. The molecule has 0 atom stereocenters. The van der Waals surface area contributed by atoms with Crippen LogP contribution in [0.4, 0.5) is 0 Å². The molecule has 6 heteroatoms. The van der Waals surface area contributed by atoms with Crippen LogP contribution < -0.4 is 5.32 Å². The number of amides is 1. The summed E-state index contributed by atoms with van der Waals surface area (Å²) in [4.78, 5) is 24.4. The van der Waals surface area contributed by atoms with Gasteiger partial charge in [-0.25, -0.2) is 0 Å². The number of nitriles is 1. The molecule has 1 fully saturated rings. The highest BCUT2D eigenvalue weighted by atomic mass is 16.5. The zero-order valence-electron chi connectivity index (χ0n) is 15.4. The Morgan fingerprint density at radius 3 is 2.75 bits per heavy atom. The van der Waals surface area contributed by atoms with Crippen molar-refractivity contribution in [3.05, 3.63) is 48.2 Å². The van der Waals surface area contributed by atoms with Crippen molar-refractivity contribution in [1.82, 2.24) is 5.32 Å². The molecule has 0 saturated heterocycles. The molecule has 6 nitrogen and oxygen atoms in total. The van der Waals surface area contributed by atoms with Crippen molar-refractivity contribution in [2.45, 2.75) is 37.6 Å². The molecule has 2 aromatic carbocycles. The van der Waals surface area contributed by atoms with Crippen molar-refractivity contribution in [1.29, 1.82) is 5.26 Å². The normalized spacial score (nSPS) is 15.4. The Kier molecular flexibility index (Phi) is 4.74. The van der Waals surface area contributed by atoms with Crippen LogP contribution in [0.3, 0.4) is 0 Å². The standard InChI is InChI=1S/C22H20N2O4/c23-14-22(9-3-4-10-22)24-19(25)13-28-20(26)11-16-12-27-18-8-7-15-5-1-2-6-17(15)21(16)18/h1-2,5-8,12H,3-4,9-11,13H2,(H,24,25). The molecule has 0 radical (unpaired) electrons. The van der Waals surface area contributed by atoms with E-state index < -0.39 is 24.0 Å². The van der Waals surface area contributed by atoms with Gasteiger partial charge < -0.3 is 14.5 Å². The number of nitrogens with one attached hydrogen (secondary N) is 1. The summed E-state index contributed by atoms with van der Waals surface area (Å²) >= 11 is 0. The number of nitrogens with zero attached hydrogens (tertiary/aromatic N) is 1. The maximum atomic E-state index is 12.3. The van der Waals surface area contributed by atoms with Crippen LogP contribution >= 0.6 is 0 Å². The number of carbonyl (C=O) groups excluding carboxylic acids is 2. The van der Waals surface area contributed by atoms with Gasteiger partial charge in [-0.3, -0.25) is 9.59 Å². The number of carbonyl (C=O) groups is 2. The van der Waals surface area contributed by atoms with Crippen LogP contribution in [0.15, 0.2) is 47.1 Å². The van der Waals surface area contributed by atoms with Gasteiger partial charge in [0.2, 0.25) is 0 Å². The summed E-state index contributed by atoms with van der Waals surface area (Å²) in [5, 5.41) is 15.0. The highest BCUT2D eigenvalue weighted by Gasteiger charge is 2.35. The molecule has 28 heavy (non-hydrogen) atoms. The van der Waals surface area contributed by atoms with Crippen molar-refractivity contribution >= 4 is 33.6 Å². The molecule has 1 aliphatic carbocycles. The number of esters is 1. The van der Waals surface area contributed by atoms with Gasteiger partial charge in [0.25, 0.3) is 5.91 Å². The van der Waals surface area contributed by atoms with E-state index >= 15 is 0 Å². The number of hydrogen-bond acceptors (Lipinski definition) is 5. The van der Waals surface area contributed by atoms with E-state index in [-0.39, 0.29) is 6.42 Å². The lowest BCUT2D eigenvalue weighted by atomic mass is 10.00. The Hall–Kier alpha value is -3.33. The second-order valence-corrected chi connectivity index (χ2v) is 7.21. The molecule has 0 unspecified atom stereocenters. The summed E-state index contributed by atoms with van der Waals surface area (Å²) < 4.78 is 10.7. The third kappa shape index (κ3) is 3.44. The average Bonchev–Trinajstić information content (AvgIpc) is 3.34. The fourth-order valence-corrected chi connectivity index (χ4v) is 3.90. The molecule has 1 heterocycles. The van der Waals surface area contributed by atoms with Crippen molar-refractivity contribution in [3.63, 3.8) is 0 Å². The van der Waals surface area contributed by atoms with E-state index in [9.17, 15) is 14.9 Å². The first-order valence-corrected chi connectivity index (χ1v) is 9.36. The summed E-state index contributed by atoms with van der Waals surface area (Å²) in [6.07, 6.45) is 4.66. The molecule has 1 N–H and O–H groups in total. The minimum absolute atomic E-state index is 0.0116. The van der Waals surface area contributed by atoms with Crippen molar-refractivity contribution < 1.29 is 18.7 Å². The third-order valence-electron chi connectivity index (χ3n) is 5.29. The van der Waals surface area contributed by atoms with Crippen LogP contribution in [-0.4, -0.2) is 24.0 Å². The monoisotopic (exact) mass is 376 g/mol. The van der Waals surface area contributed by atoms with Crippen LogP contribution in [-0.2, 0) is 20.7 Å². The van der Waals surface area contributed by atoms with Crippen LogP contribution in [0.25, 0.3) is 21.7 Å².